The van der Waals surface area contributed by atoms with Crippen molar-refractivity contribution in [3.05, 3.63) is 59.5 Å². The number of aryl methyl sites for hydroxylation is 1. The molecule has 1 N–H and O–H groups in total. The lowest BCUT2D eigenvalue weighted by Crippen LogP contribution is -2.42. The molecule has 26 heavy (non-hydrogen) atoms. The number of carbonyl (C=O) groups is 2. The van der Waals surface area contributed by atoms with Gasteiger partial charge in [0.1, 0.15) is 5.76 Å². The fraction of sp³-hybridized carbons (Fsp3) is 0.316. The van der Waals surface area contributed by atoms with Crippen LogP contribution >= 0.6 is 0 Å². The molecule has 0 saturated carbocycles. The molecule has 1 aromatic heterocycles. The van der Waals surface area contributed by atoms with E-state index >= 15 is 0 Å². The molecule has 1 aromatic carbocycles. The molecule has 136 valence electrons. The molecule has 0 fully saturated rings. The van der Waals surface area contributed by atoms with E-state index in [1.54, 1.807) is 25.4 Å². The maximum atomic E-state index is 12.5. The highest BCUT2D eigenvalue weighted by atomic mass is 16.6. The van der Waals surface area contributed by atoms with Crippen LogP contribution in [0.3, 0.4) is 0 Å². The molecule has 0 radical (unpaired) electrons. The van der Waals surface area contributed by atoms with Crippen LogP contribution in [0.1, 0.15) is 23.3 Å². The van der Waals surface area contributed by atoms with Gasteiger partial charge in [0.05, 0.1) is 25.1 Å². The minimum absolute atomic E-state index is 0.0564. The largest absolute Gasteiger partial charge is 0.467 e. The Morgan fingerprint density at radius 2 is 2.08 bits per heavy atom. The van der Waals surface area contributed by atoms with Crippen molar-refractivity contribution in [1.82, 2.24) is 10.2 Å². The maximum absolute atomic E-state index is 12.5. The molecule has 1 aliphatic heterocycles. The quantitative estimate of drug-likeness (QED) is 0.857. The zero-order valence-electron chi connectivity index (χ0n) is 14.8. The molecule has 0 aliphatic carbocycles. The molecule has 7 nitrogen and oxygen atoms in total. The summed E-state index contributed by atoms with van der Waals surface area (Å²) in [5.41, 5.74) is 2.80. The predicted octanol–water partition coefficient (Wildman–Crippen LogP) is 1.86. The second-order valence-electron chi connectivity index (χ2n) is 6.20. The van der Waals surface area contributed by atoms with Crippen molar-refractivity contribution in [2.75, 3.05) is 13.6 Å². The minimum Gasteiger partial charge on any atom is -0.467 e. The van der Waals surface area contributed by atoms with E-state index in [1.165, 1.54) is 4.90 Å². The monoisotopic (exact) mass is 355 g/mol. The Balaban J connectivity index is 1.50. The Morgan fingerprint density at radius 3 is 2.81 bits per heavy atom. The van der Waals surface area contributed by atoms with Crippen molar-refractivity contribution < 1.29 is 18.8 Å². The average molecular weight is 355 g/mol. The van der Waals surface area contributed by atoms with Gasteiger partial charge in [0.25, 0.3) is 5.91 Å². The Hall–Kier alpha value is -3.09. The number of hydrogen-bond acceptors (Lipinski definition) is 5. The van der Waals surface area contributed by atoms with Crippen LogP contribution in [0.4, 0.5) is 0 Å². The number of benzene rings is 1. The molecule has 1 aliphatic rings. The number of furan rings is 1. The van der Waals surface area contributed by atoms with Gasteiger partial charge in [-0.15, -0.1) is 0 Å². The smallest absolute Gasteiger partial charge is 0.267 e. The Morgan fingerprint density at radius 1 is 1.27 bits per heavy atom. The lowest BCUT2D eigenvalue weighted by atomic mass is 10.00. The van der Waals surface area contributed by atoms with E-state index in [4.69, 9.17) is 9.25 Å². The first-order valence-electron chi connectivity index (χ1n) is 8.37. The van der Waals surface area contributed by atoms with E-state index in [0.29, 0.717) is 12.2 Å². The summed E-state index contributed by atoms with van der Waals surface area (Å²) in [6.45, 7) is 2.22. The van der Waals surface area contributed by atoms with Gasteiger partial charge in [0, 0.05) is 19.0 Å². The molecule has 1 atom stereocenters. The Labute approximate surface area is 151 Å². The van der Waals surface area contributed by atoms with Gasteiger partial charge >= 0.3 is 0 Å². The highest BCUT2D eigenvalue weighted by molar-refractivity contribution is 6.05. The van der Waals surface area contributed by atoms with Crippen molar-refractivity contribution in [1.29, 1.82) is 0 Å². The van der Waals surface area contributed by atoms with Crippen LogP contribution in [0.25, 0.3) is 0 Å². The third kappa shape index (κ3) is 4.11. The van der Waals surface area contributed by atoms with Crippen LogP contribution in [0.15, 0.2) is 52.2 Å². The number of oxime groups is 1. The SMILES string of the molecule is Cc1ccccc1C1=NOC(C(=O)N(C)CC(=O)NCc2ccco2)C1. The standard InChI is InChI=1S/C19H21N3O4/c1-13-6-3-4-8-15(13)16-10-17(26-21-16)19(24)22(2)12-18(23)20-11-14-7-5-9-25-14/h3-9,17H,10-12H2,1-2H3,(H,20,23). The fourth-order valence-electron chi connectivity index (χ4n) is 2.76. The summed E-state index contributed by atoms with van der Waals surface area (Å²) >= 11 is 0. The Bertz CT molecular complexity index is 814. The lowest BCUT2D eigenvalue weighted by Gasteiger charge is -2.19. The third-order valence-corrected chi connectivity index (χ3v) is 4.20. The summed E-state index contributed by atoms with van der Waals surface area (Å²) in [6, 6.07) is 11.3. The van der Waals surface area contributed by atoms with Crippen LogP contribution < -0.4 is 5.32 Å². The minimum atomic E-state index is -0.701. The van der Waals surface area contributed by atoms with E-state index in [0.717, 1.165) is 16.8 Å². The zero-order chi connectivity index (χ0) is 18.5. The summed E-state index contributed by atoms with van der Waals surface area (Å²) in [7, 11) is 1.57. The second kappa shape index (κ2) is 7.86. The van der Waals surface area contributed by atoms with Crippen molar-refractivity contribution in [2.45, 2.75) is 26.0 Å². The van der Waals surface area contributed by atoms with Gasteiger partial charge in [-0.3, -0.25) is 9.59 Å². The maximum Gasteiger partial charge on any atom is 0.267 e. The first kappa shape index (κ1) is 17.7. The van der Waals surface area contributed by atoms with E-state index < -0.39 is 6.10 Å². The third-order valence-electron chi connectivity index (χ3n) is 4.20. The molecule has 0 saturated heterocycles. The molecular weight excluding hydrogens is 334 g/mol. The number of nitrogens with one attached hydrogen (secondary N) is 1. The molecule has 2 heterocycles. The van der Waals surface area contributed by atoms with Gasteiger partial charge < -0.3 is 19.5 Å². The highest BCUT2D eigenvalue weighted by Crippen LogP contribution is 2.20. The van der Waals surface area contributed by atoms with Crippen LogP contribution in [0.2, 0.25) is 0 Å². The van der Waals surface area contributed by atoms with Gasteiger partial charge in [0.2, 0.25) is 12.0 Å². The van der Waals surface area contributed by atoms with Crippen molar-refractivity contribution in [3.8, 4) is 0 Å². The van der Waals surface area contributed by atoms with Crippen molar-refractivity contribution >= 4 is 17.5 Å². The first-order chi connectivity index (χ1) is 12.5. The molecule has 1 unspecified atom stereocenters. The molecule has 7 heteroatoms. The van der Waals surface area contributed by atoms with Crippen LogP contribution in [0, 0.1) is 6.92 Å². The van der Waals surface area contributed by atoms with Crippen molar-refractivity contribution in [2.24, 2.45) is 5.16 Å². The topological polar surface area (TPSA) is 84.1 Å². The van der Waals surface area contributed by atoms with Crippen LogP contribution in [0.5, 0.6) is 0 Å². The van der Waals surface area contributed by atoms with E-state index in [-0.39, 0.29) is 24.9 Å². The fourth-order valence-corrected chi connectivity index (χ4v) is 2.76. The van der Waals surface area contributed by atoms with Crippen molar-refractivity contribution in [3.63, 3.8) is 0 Å². The number of rotatable bonds is 6. The normalized spacial score (nSPS) is 15.9. The predicted molar refractivity (Wildman–Crippen MR) is 95.4 cm³/mol. The number of hydrogen-bond donors (Lipinski definition) is 1. The molecular formula is C19H21N3O4. The summed E-state index contributed by atoms with van der Waals surface area (Å²) in [5.74, 6) is 0.114. The summed E-state index contributed by atoms with van der Waals surface area (Å²) < 4.78 is 5.15. The second-order valence-corrected chi connectivity index (χ2v) is 6.20. The number of carbonyl (C=O) groups excluding carboxylic acids is 2. The Kier molecular flexibility index (Phi) is 5.36. The van der Waals surface area contributed by atoms with Gasteiger partial charge in [-0.05, 0) is 24.6 Å². The van der Waals surface area contributed by atoms with Crippen LogP contribution in [-0.4, -0.2) is 42.1 Å². The molecule has 0 bridgehead atoms. The summed E-state index contributed by atoms with van der Waals surface area (Å²) in [5, 5.41) is 6.76. The van der Waals surface area contributed by atoms with E-state index in [9.17, 15) is 9.59 Å². The van der Waals surface area contributed by atoms with Gasteiger partial charge in [-0.1, -0.05) is 29.4 Å². The average Bonchev–Trinajstić information content (AvgIpc) is 3.31. The highest BCUT2D eigenvalue weighted by Gasteiger charge is 2.32. The van der Waals surface area contributed by atoms with Gasteiger partial charge in [-0.2, -0.15) is 0 Å². The van der Waals surface area contributed by atoms with Gasteiger partial charge in [-0.25, -0.2) is 0 Å². The number of likely N-dealkylation sites (N-methyl/N-ethyl adjacent to an activating group) is 1. The van der Waals surface area contributed by atoms with E-state index in [1.807, 2.05) is 31.2 Å². The molecule has 3 rings (SSSR count). The zero-order valence-corrected chi connectivity index (χ0v) is 14.8. The number of nitrogens with zero attached hydrogens (tertiary/aromatic N) is 2. The molecule has 2 amide bonds. The first-order valence-corrected chi connectivity index (χ1v) is 8.37. The summed E-state index contributed by atoms with van der Waals surface area (Å²) in [6.07, 6.45) is 1.23. The van der Waals surface area contributed by atoms with Crippen LogP contribution in [-0.2, 0) is 21.0 Å². The number of amides is 2. The van der Waals surface area contributed by atoms with Gasteiger partial charge in [0.15, 0.2) is 0 Å². The molecule has 2 aromatic rings. The van der Waals surface area contributed by atoms with E-state index in [2.05, 4.69) is 10.5 Å². The molecule has 0 spiro atoms. The summed E-state index contributed by atoms with van der Waals surface area (Å²) in [4.78, 5) is 31.1. The lowest BCUT2D eigenvalue weighted by molar-refractivity contribution is -0.143.